The number of ether oxygens (including phenoxy) is 2. The quantitative estimate of drug-likeness (QED) is 0.361. The number of benzene rings is 1. The number of hydrogen-bond donors (Lipinski definition) is 0. The lowest BCUT2D eigenvalue weighted by Gasteiger charge is -2.16. The highest BCUT2D eigenvalue weighted by molar-refractivity contribution is 6.32. The third-order valence-electron chi connectivity index (χ3n) is 4.21. The normalized spacial score (nSPS) is 12.0. The maximum Gasteiger partial charge on any atom is 0.431 e. The highest BCUT2D eigenvalue weighted by Gasteiger charge is 2.35. The number of aromatic nitrogens is 2. The van der Waals surface area contributed by atoms with E-state index in [2.05, 4.69) is 0 Å². The van der Waals surface area contributed by atoms with E-state index in [1.165, 1.54) is 26.1 Å². The summed E-state index contributed by atoms with van der Waals surface area (Å²) in [6.45, 7) is -0.333. The van der Waals surface area contributed by atoms with Crippen molar-refractivity contribution < 1.29 is 31.8 Å². The molecule has 1 aromatic carbocycles. The number of methoxy groups -OCH3 is 1. The molecule has 0 aliphatic rings. The van der Waals surface area contributed by atoms with E-state index in [0.29, 0.717) is 0 Å². The predicted molar refractivity (Wildman–Crippen MR) is 107 cm³/mol. The van der Waals surface area contributed by atoms with Crippen molar-refractivity contribution in [1.29, 1.82) is 0 Å². The van der Waals surface area contributed by atoms with Crippen LogP contribution in [0.5, 0.6) is 5.75 Å². The smallest absolute Gasteiger partial charge is 0.431 e. The van der Waals surface area contributed by atoms with Crippen molar-refractivity contribution in [3.8, 4) is 11.4 Å². The van der Waals surface area contributed by atoms with Crippen LogP contribution in [0, 0.1) is 5.82 Å². The number of carbonyl (C=O) groups is 1. The molecular formula is C19H18ClF4N3O5. The Labute approximate surface area is 183 Å². The van der Waals surface area contributed by atoms with E-state index in [9.17, 15) is 31.9 Å². The van der Waals surface area contributed by atoms with Crippen LogP contribution in [-0.4, -0.2) is 47.8 Å². The maximum atomic E-state index is 14.5. The van der Waals surface area contributed by atoms with Gasteiger partial charge in [-0.15, -0.1) is 0 Å². The summed E-state index contributed by atoms with van der Waals surface area (Å²) in [5.41, 5.74) is -4.99. The fourth-order valence-electron chi connectivity index (χ4n) is 2.49. The van der Waals surface area contributed by atoms with Crippen LogP contribution in [0.1, 0.15) is 5.69 Å². The van der Waals surface area contributed by atoms with Crippen molar-refractivity contribution in [3.63, 3.8) is 0 Å². The molecule has 1 amide bonds. The van der Waals surface area contributed by atoms with E-state index in [1.54, 1.807) is 0 Å². The lowest BCUT2D eigenvalue weighted by atomic mass is 10.2. The second-order valence-corrected chi connectivity index (χ2v) is 7.02. The molecule has 0 atom stereocenters. The van der Waals surface area contributed by atoms with E-state index in [0.717, 1.165) is 25.3 Å². The van der Waals surface area contributed by atoms with Gasteiger partial charge in [-0.2, -0.15) is 13.2 Å². The summed E-state index contributed by atoms with van der Waals surface area (Å²) in [5.74, 6) is -1.69. The van der Waals surface area contributed by atoms with Gasteiger partial charge in [0.2, 0.25) is 5.91 Å². The second kappa shape index (κ2) is 9.47. The van der Waals surface area contributed by atoms with Gasteiger partial charge in [-0.1, -0.05) is 11.6 Å². The first-order chi connectivity index (χ1) is 14.8. The van der Waals surface area contributed by atoms with E-state index in [1.807, 2.05) is 0 Å². The molecule has 0 spiro atoms. The third-order valence-corrected chi connectivity index (χ3v) is 4.51. The van der Waals surface area contributed by atoms with Crippen molar-refractivity contribution in [1.82, 2.24) is 14.0 Å². The third kappa shape index (κ3) is 5.31. The van der Waals surface area contributed by atoms with Crippen LogP contribution in [0.25, 0.3) is 5.69 Å². The first-order valence-corrected chi connectivity index (χ1v) is 9.14. The van der Waals surface area contributed by atoms with E-state index >= 15 is 0 Å². The van der Waals surface area contributed by atoms with Gasteiger partial charge in [0.25, 0.3) is 5.56 Å². The fraction of sp³-hybridized carbons (Fsp3) is 0.316. The standard InChI is InChI=1S/C19H18ClF4N3O5/c1-25(2)16(28)5-10(31-4)9-32-14-7-13(12(21)6-11(14)20)27-17(29)8-15(19(22,23)24)26(3)18(27)30/h5-8H,9H2,1-4H3/b10-5+. The topological polar surface area (TPSA) is 82.8 Å². The van der Waals surface area contributed by atoms with Gasteiger partial charge in [-0.05, 0) is 6.07 Å². The Morgan fingerprint density at radius 3 is 2.38 bits per heavy atom. The summed E-state index contributed by atoms with van der Waals surface area (Å²) in [6, 6.07) is 1.79. The number of halogens is 5. The fourth-order valence-corrected chi connectivity index (χ4v) is 2.70. The predicted octanol–water partition coefficient (Wildman–Crippen LogP) is 2.34. The lowest BCUT2D eigenvalue weighted by molar-refractivity contribution is -0.144. The van der Waals surface area contributed by atoms with Crippen LogP contribution < -0.4 is 16.0 Å². The monoisotopic (exact) mass is 479 g/mol. The van der Waals surface area contributed by atoms with Crippen molar-refractivity contribution in [3.05, 3.63) is 67.4 Å². The van der Waals surface area contributed by atoms with Gasteiger partial charge in [-0.25, -0.2) is 13.8 Å². The zero-order valence-corrected chi connectivity index (χ0v) is 18.0. The SMILES string of the molecule is CO/C(=C/C(=O)N(C)C)COc1cc(-n2c(=O)cc(C(F)(F)F)n(C)c2=O)c(F)cc1Cl. The van der Waals surface area contributed by atoms with E-state index in [4.69, 9.17) is 21.1 Å². The summed E-state index contributed by atoms with van der Waals surface area (Å²) in [5, 5.41) is -0.252. The Bertz CT molecular complexity index is 1190. The number of alkyl halides is 3. The van der Waals surface area contributed by atoms with Gasteiger partial charge in [0.1, 0.15) is 29.6 Å². The molecule has 0 saturated carbocycles. The molecule has 1 aromatic heterocycles. The van der Waals surface area contributed by atoms with Crippen LogP contribution >= 0.6 is 11.6 Å². The van der Waals surface area contributed by atoms with Crippen molar-refractivity contribution in [2.24, 2.45) is 7.05 Å². The molecule has 0 aliphatic carbocycles. The zero-order valence-electron chi connectivity index (χ0n) is 17.3. The molecular weight excluding hydrogens is 462 g/mol. The van der Waals surface area contributed by atoms with E-state index < -0.39 is 40.5 Å². The molecule has 0 fully saturated rings. The average molecular weight is 480 g/mol. The molecule has 0 aliphatic heterocycles. The Hall–Kier alpha value is -3.28. The molecule has 13 heteroatoms. The lowest BCUT2D eigenvalue weighted by Crippen LogP contribution is -2.41. The van der Waals surface area contributed by atoms with Gasteiger partial charge in [0.15, 0.2) is 0 Å². The number of amides is 1. The number of likely N-dealkylation sites (N-methyl/N-ethyl adjacent to an activating group) is 1. The summed E-state index contributed by atoms with van der Waals surface area (Å²) >= 11 is 5.95. The van der Waals surface area contributed by atoms with Crippen LogP contribution in [0.15, 0.2) is 39.6 Å². The van der Waals surface area contributed by atoms with Crippen LogP contribution in [0.4, 0.5) is 17.6 Å². The minimum atomic E-state index is -4.97. The van der Waals surface area contributed by atoms with Crippen molar-refractivity contribution in [2.45, 2.75) is 6.18 Å². The number of nitrogens with zero attached hydrogens (tertiary/aromatic N) is 3. The molecule has 8 nitrogen and oxygen atoms in total. The molecule has 1 heterocycles. The minimum Gasteiger partial charge on any atom is -0.497 e. The minimum absolute atomic E-state index is 0.0771. The molecule has 0 N–H and O–H groups in total. The Morgan fingerprint density at radius 2 is 1.84 bits per heavy atom. The Morgan fingerprint density at radius 1 is 1.22 bits per heavy atom. The van der Waals surface area contributed by atoms with Crippen LogP contribution in [-0.2, 0) is 22.8 Å². The molecule has 0 radical (unpaired) electrons. The number of carbonyl (C=O) groups excluding carboxylic acids is 1. The van der Waals surface area contributed by atoms with Crippen molar-refractivity contribution >= 4 is 17.5 Å². The summed E-state index contributed by atoms with van der Waals surface area (Å²) < 4.78 is 64.4. The molecule has 174 valence electrons. The number of rotatable bonds is 6. The summed E-state index contributed by atoms with van der Waals surface area (Å²) in [6.07, 6.45) is -3.83. The Balaban J connectivity index is 2.53. The molecule has 0 bridgehead atoms. The van der Waals surface area contributed by atoms with Crippen LogP contribution in [0.2, 0.25) is 5.02 Å². The van der Waals surface area contributed by atoms with Gasteiger partial charge in [0.05, 0.1) is 17.8 Å². The molecule has 0 saturated heterocycles. The number of hydrogen-bond acceptors (Lipinski definition) is 5. The summed E-state index contributed by atoms with van der Waals surface area (Å²) in [4.78, 5) is 37.7. The summed E-state index contributed by atoms with van der Waals surface area (Å²) in [7, 11) is 5.10. The highest BCUT2D eigenvalue weighted by atomic mass is 35.5. The highest BCUT2D eigenvalue weighted by Crippen LogP contribution is 2.30. The van der Waals surface area contributed by atoms with Gasteiger partial charge in [-0.3, -0.25) is 14.2 Å². The average Bonchev–Trinajstić information content (AvgIpc) is 2.69. The molecule has 2 rings (SSSR count). The van der Waals surface area contributed by atoms with Crippen LogP contribution in [0.3, 0.4) is 0 Å². The largest absolute Gasteiger partial charge is 0.497 e. The Kier molecular flexibility index (Phi) is 7.39. The first kappa shape index (κ1) is 25.0. The maximum absolute atomic E-state index is 14.5. The van der Waals surface area contributed by atoms with Gasteiger partial charge < -0.3 is 14.4 Å². The second-order valence-electron chi connectivity index (χ2n) is 6.61. The van der Waals surface area contributed by atoms with Gasteiger partial charge >= 0.3 is 11.9 Å². The molecule has 0 unspecified atom stereocenters. The van der Waals surface area contributed by atoms with Crippen molar-refractivity contribution in [2.75, 3.05) is 27.8 Å². The van der Waals surface area contributed by atoms with E-state index in [-0.39, 0.29) is 38.3 Å². The zero-order chi connectivity index (χ0) is 24.4. The molecule has 2 aromatic rings. The van der Waals surface area contributed by atoms with Gasteiger partial charge in [0, 0.05) is 39.4 Å². The molecule has 32 heavy (non-hydrogen) atoms. The first-order valence-electron chi connectivity index (χ1n) is 8.76.